The lowest BCUT2D eigenvalue weighted by Crippen LogP contribution is -2.18. The van der Waals surface area contributed by atoms with Crippen molar-refractivity contribution in [3.63, 3.8) is 0 Å². The fourth-order valence-corrected chi connectivity index (χ4v) is 4.22. The molecule has 2 atom stereocenters. The van der Waals surface area contributed by atoms with Gasteiger partial charge in [0.1, 0.15) is 0 Å². The Bertz CT molecular complexity index is 1080. The first kappa shape index (κ1) is 18.9. The number of non-ortho nitro benzene ring substituents is 1. The van der Waals surface area contributed by atoms with E-state index in [0.29, 0.717) is 0 Å². The third-order valence-corrected chi connectivity index (χ3v) is 5.36. The van der Waals surface area contributed by atoms with Crippen LogP contribution in [0.2, 0.25) is 0 Å². The van der Waals surface area contributed by atoms with Gasteiger partial charge < -0.3 is 4.84 Å². The molecule has 0 amide bonds. The first-order chi connectivity index (χ1) is 14.0. The summed E-state index contributed by atoms with van der Waals surface area (Å²) in [4.78, 5) is 16.8. The number of aryl methyl sites for hydroxylation is 3. The average Bonchev–Trinajstić information content (AvgIpc) is 3.12. The molecule has 146 valence electrons. The molecule has 5 nitrogen and oxygen atoms in total. The molecule has 3 aromatic carbocycles. The van der Waals surface area contributed by atoms with Gasteiger partial charge in [0.25, 0.3) is 5.69 Å². The fraction of sp³-hybridized carbons (Fsp3) is 0.208. The van der Waals surface area contributed by atoms with E-state index in [0.717, 1.165) is 33.5 Å². The van der Waals surface area contributed by atoms with E-state index >= 15 is 0 Å². The molecule has 0 radical (unpaired) electrons. The minimum Gasteiger partial charge on any atom is -0.386 e. The van der Waals surface area contributed by atoms with E-state index in [9.17, 15) is 10.1 Å². The van der Waals surface area contributed by atoms with Crippen LogP contribution in [0.4, 0.5) is 5.69 Å². The lowest BCUT2D eigenvalue weighted by molar-refractivity contribution is -0.385. The summed E-state index contributed by atoms with van der Waals surface area (Å²) in [6, 6.07) is 21.0. The molecular weight excluding hydrogens is 364 g/mol. The van der Waals surface area contributed by atoms with E-state index in [1.807, 2.05) is 24.3 Å². The van der Waals surface area contributed by atoms with Crippen LogP contribution in [0.5, 0.6) is 0 Å². The van der Waals surface area contributed by atoms with Gasteiger partial charge in [0.15, 0.2) is 6.10 Å². The number of oxime groups is 1. The molecule has 3 aromatic rings. The molecule has 0 saturated carbocycles. The van der Waals surface area contributed by atoms with Crippen molar-refractivity contribution in [1.29, 1.82) is 0 Å². The Morgan fingerprint density at radius 2 is 1.55 bits per heavy atom. The van der Waals surface area contributed by atoms with E-state index < -0.39 is 6.10 Å². The van der Waals surface area contributed by atoms with Gasteiger partial charge in [-0.2, -0.15) is 0 Å². The van der Waals surface area contributed by atoms with Crippen LogP contribution in [-0.4, -0.2) is 10.6 Å². The van der Waals surface area contributed by atoms with Crippen LogP contribution in [0.15, 0.2) is 71.9 Å². The Balaban J connectivity index is 1.84. The summed E-state index contributed by atoms with van der Waals surface area (Å²) in [5, 5.41) is 15.8. The summed E-state index contributed by atoms with van der Waals surface area (Å²) < 4.78 is 0. The Hall–Kier alpha value is -3.47. The molecule has 1 aliphatic heterocycles. The van der Waals surface area contributed by atoms with E-state index in [1.165, 1.54) is 11.6 Å². The van der Waals surface area contributed by atoms with E-state index in [1.54, 1.807) is 12.1 Å². The van der Waals surface area contributed by atoms with Crippen LogP contribution in [0.1, 0.15) is 45.4 Å². The number of hydrogen-bond donors (Lipinski definition) is 0. The molecule has 29 heavy (non-hydrogen) atoms. The summed E-state index contributed by atoms with van der Waals surface area (Å²) in [5.41, 5.74) is 7.30. The molecule has 0 N–H and O–H groups in total. The number of benzene rings is 3. The van der Waals surface area contributed by atoms with Gasteiger partial charge in [0.2, 0.25) is 0 Å². The fourth-order valence-electron chi connectivity index (χ4n) is 4.22. The number of rotatable bonds is 4. The van der Waals surface area contributed by atoms with Gasteiger partial charge in [-0.3, -0.25) is 10.1 Å². The lowest BCUT2D eigenvalue weighted by Gasteiger charge is -2.21. The molecule has 0 spiro atoms. The van der Waals surface area contributed by atoms with E-state index in [2.05, 4.69) is 50.2 Å². The third kappa shape index (κ3) is 3.51. The maximum Gasteiger partial charge on any atom is 0.269 e. The molecule has 0 fully saturated rings. The SMILES string of the molecule is Cc1cc(C)c(C2=NO[C@@H](c3cccc([N+](=O)[O-])c3)[C@@H]2c2ccccc2)c(C)c1. The predicted octanol–water partition coefficient (Wildman–Crippen LogP) is 5.78. The van der Waals surface area contributed by atoms with Crippen molar-refractivity contribution >= 4 is 11.4 Å². The lowest BCUT2D eigenvalue weighted by atomic mass is 9.81. The van der Waals surface area contributed by atoms with Gasteiger partial charge in [-0.25, -0.2) is 0 Å². The zero-order chi connectivity index (χ0) is 20.5. The zero-order valence-corrected chi connectivity index (χ0v) is 16.6. The van der Waals surface area contributed by atoms with Crippen molar-refractivity contribution in [2.45, 2.75) is 32.8 Å². The second-order valence-electron chi connectivity index (χ2n) is 7.52. The molecule has 1 aliphatic rings. The van der Waals surface area contributed by atoms with Gasteiger partial charge >= 0.3 is 0 Å². The third-order valence-electron chi connectivity index (χ3n) is 5.36. The highest BCUT2D eigenvalue weighted by atomic mass is 16.6. The normalized spacial score (nSPS) is 18.2. The highest BCUT2D eigenvalue weighted by Crippen LogP contribution is 2.43. The maximum atomic E-state index is 11.3. The maximum absolute atomic E-state index is 11.3. The van der Waals surface area contributed by atoms with Crippen LogP contribution in [0.3, 0.4) is 0 Å². The van der Waals surface area contributed by atoms with Gasteiger partial charge in [-0.1, -0.05) is 65.3 Å². The van der Waals surface area contributed by atoms with Crippen LogP contribution in [0, 0.1) is 30.9 Å². The Morgan fingerprint density at radius 3 is 2.21 bits per heavy atom. The summed E-state index contributed by atoms with van der Waals surface area (Å²) in [5.74, 6) is -0.154. The molecule has 0 aliphatic carbocycles. The summed E-state index contributed by atoms with van der Waals surface area (Å²) in [7, 11) is 0. The minimum atomic E-state index is -0.424. The van der Waals surface area contributed by atoms with Crippen molar-refractivity contribution < 1.29 is 9.76 Å². The number of nitro benzene ring substituents is 1. The van der Waals surface area contributed by atoms with Crippen molar-refractivity contribution in [1.82, 2.24) is 0 Å². The van der Waals surface area contributed by atoms with Crippen molar-refractivity contribution in [2.24, 2.45) is 5.16 Å². The Kier molecular flexibility index (Phi) is 4.89. The van der Waals surface area contributed by atoms with Gasteiger partial charge in [-0.15, -0.1) is 0 Å². The number of hydrogen-bond acceptors (Lipinski definition) is 4. The minimum absolute atomic E-state index is 0.0501. The summed E-state index contributed by atoms with van der Waals surface area (Å²) >= 11 is 0. The first-order valence-corrected chi connectivity index (χ1v) is 9.57. The second kappa shape index (κ2) is 7.51. The molecule has 0 aromatic heterocycles. The molecule has 0 bridgehead atoms. The molecule has 1 heterocycles. The molecule has 5 heteroatoms. The monoisotopic (exact) mass is 386 g/mol. The summed E-state index contributed by atoms with van der Waals surface area (Å²) in [6.07, 6.45) is -0.424. The van der Waals surface area contributed by atoms with Gasteiger partial charge in [-0.05, 0) is 37.5 Å². The highest BCUT2D eigenvalue weighted by molar-refractivity contribution is 6.08. The van der Waals surface area contributed by atoms with Crippen LogP contribution in [-0.2, 0) is 4.84 Å². The van der Waals surface area contributed by atoms with Gasteiger partial charge in [0, 0.05) is 23.3 Å². The van der Waals surface area contributed by atoms with Crippen molar-refractivity contribution in [3.05, 3.63) is 110 Å². The van der Waals surface area contributed by atoms with Crippen LogP contribution in [0.25, 0.3) is 0 Å². The van der Waals surface area contributed by atoms with Crippen LogP contribution < -0.4 is 0 Å². The average molecular weight is 386 g/mol. The van der Waals surface area contributed by atoms with Gasteiger partial charge in [0.05, 0.1) is 16.6 Å². The zero-order valence-electron chi connectivity index (χ0n) is 16.6. The summed E-state index contributed by atoms with van der Waals surface area (Å²) in [6.45, 7) is 6.25. The largest absolute Gasteiger partial charge is 0.386 e. The first-order valence-electron chi connectivity index (χ1n) is 9.57. The standard InChI is InChI=1S/C24H22N2O3/c1-15-12-16(2)21(17(3)13-15)23-22(18-8-5-4-6-9-18)24(29-25-23)19-10-7-11-20(14-19)26(27)28/h4-14,22,24H,1-3H3/t22-,24+/m1/s1. The predicted molar refractivity (Wildman–Crippen MR) is 113 cm³/mol. The molecule has 0 unspecified atom stereocenters. The topological polar surface area (TPSA) is 64.7 Å². The van der Waals surface area contributed by atoms with Crippen molar-refractivity contribution in [3.8, 4) is 0 Å². The quantitative estimate of drug-likeness (QED) is 0.422. The number of nitrogens with zero attached hydrogens (tertiary/aromatic N) is 2. The van der Waals surface area contributed by atoms with E-state index in [4.69, 9.17) is 4.84 Å². The van der Waals surface area contributed by atoms with E-state index in [-0.39, 0.29) is 16.5 Å². The van der Waals surface area contributed by atoms with Crippen LogP contribution >= 0.6 is 0 Å². The Labute approximate surface area is 169 Å². The smallest absolute Gasteiger partial charge is 0.269 e. The molecule has 0 saturated heterocycles. The second-order valence-corrected chi connectivity index (χ2v) is 7.52. The molecular formula is C24H22N2O3. The Morgan fingerprint density at radius 1 is 0.897 bits per heavy atom. The molecule has 4 rings (SSSR count). The highest BCUT2D eigenvalue weighted by Gasteiger charge is 2.39. The number of nitro groups is 1. The van der Waals surface area contributed by atoms with Crippen molar-refractivity contribution in [2.75, 3.05) is 0 Å².